The first-order valence-corrected chi connectivity index (χ1v) is 8.50. The van der Waals surface area contributed by atoms with E-state index in [-0.39, 0.29) is 11.6 Å². The summed E-state index contributed by atoms with van der Waals surface area (Å²) in [5.74, 6) is 0.243. The van der Waals surface area contributed by atoms with E-state index >= 15 is 0 Å². The van der Waals surface area contributed by atoms with Gasteiger partial charge >= 0.3 is 0 Å². The van der Waals surface area contributed by atoms with Gasteiger partial charge in [-0.05, 0) is 48.4 Å². The molecule has 0 unspecified atom stereocenters. The maximum atomic E-state index is 12.6. The van der Waals surface area contributed by atoms with Crippen molar-refractivity contribution in [2.24, 2.45) is 0 Å². The van der Waals surface area contributed by atoms with Gasteiger partial charge in [0.05, 0.1) is 14.2 Å². The van der Waals surface area contributed by atoms with Gasteiger partial charge in [0.15, 0.2) is 11.5 Å². The summed E-state index contributed by atoms with van der Waals surface area (Å²) in [5, 5.41) is 5.81. The first kappa shape index (κ1) is 20.3. The highest BCUT2D eigenvalue weighted by molar-refractivity contribution is 6.31. The zero-order valence-electron chi connectivity index (χ0n) is 15.6. The van der Waals surface area contributed by atoms with E-state index in [1.165, 1.54) is 21.1 Å². The van der Waals surface area contributed by atoms with Crippen molar-refractivity contribution in [1.29, 1.82) is 0 Å². The van der Waals surface area contributed by atoms with E-state index < -0.39 is 5.91 Å². The average Bonchev–Trinajstić information content (AvgIpc) is 2.63. The Morgan fingerprint density at radius 2 is 1.74 bits per heavy atom. The first-order valence-electron chi connectivity index (χ1n) is 8.13. The number of ether oxygens (including phenoxy) is 2. The van der Waals surface area contributed by atoms with Crippen LogP contribution in [0.15, 0.2) is 42.1 Å². The quantitative estimate of drug-likeness (QED) is 0.738. The van der Waals surface area contributed by atoms with Gasteiger partial charge in [0.1, 0.15) is 5.70 Å². The number of hydrogen-bond donors (Lipinski definition) is 2. The van der Waals surface area contributed by atoms with E-state index in [1.54, 1.807) is 42.5 Å². The highest BCUT2D eigenvalue weighted by Gasteiger charge is 2.13. The third kappa shape index (κ3) is 5.49. The van der Waals surface area contributed by atoms with Crippen molar-refractivity contribution < 1.29 is 19.1 Å². The smallest absolute Gasteiger partial charge is 0.272 e. The van der Waals surface area contributed by atoms with E-state index in [0.29, 0.717) is 27.8 Å². The Bertz CT molecular complexity index is 894. The maximum absolute atomic E-state index is 12.6. The number of hydrogen-bond acceptors (Lipinski definition) is 4. The molecule has 0 saturated heterocycles. The summed E-state index contributed by atoms with van der Waals surface area (Å²) in [6.45, 7) is 3.20. The molecule has 0 atom stereocenters. The minimum Gasteiger partial charge on any atom is -0.493 e. The Labute approximate surface area is 163 Å². The summed E-state index contributed by atoms with van der Waals surface area (Å²) in [4.78, 5) is 24.2. The van der Waals surface area contributed by atoms with Gasteiger partial charge in [0.2, 0.25) is 5.91 Å². The van der Waals surface area contributed by atoms with Gasteiger partial charge < -0.3 is 20.1 Å². The van der Waals surface area contributed by atoms with Gasteiger partial charge in [0, 0.05) is 17.6 Å². The summed E-state index contributed by atoms with van der Waals surface area (Å²) < 4.78 is 10.5. The van der Waals surface area contributed by atoms with E-state index in [9.17, 15) is 9.59 Å². The van der Waals surface area contributed by atoms with Crippen LogP contribution in [0.5, 0.6) is 11.5 Å². The standard InChI is InChI=1S/C20H21ClN2O4/c1-12-5-7-15(11-16(12)21)23-20(25)17(22-13(2)24)9-14-6-8-18(26-3)19(10-14)27-4/h5-11H,1-4H3,(H,22,24)(H,23,25). The number of carbonyl (C=O) groups is 2. The molecule has 2 aromatic carbocycles. The van der Waals surface area contributed by atoms with Gasteiger partial charge in [-0.15, -0.1) is 0 Å². The third-order valence-corrected chi connectivity index (χ3v) is 4.11. The SMILES string of the molecule is COc1ccc(C=C(NC(C)=O)C(=O)Nc2ccc(C)c(Cl)c2)cc1OC. The van der Waals surface area contributed by atoms with Crippen molar-refractivity contribution in [2.75, 3.05) is 19.5 Å². The average molecular weight is 389 g/mol. The van der Waals surface area contributed by atoms with Crippen molar-refractivity contribution in [3.8, 4) is 11.5 Å². The lowest BCUT2D eigenvalue weighted by molar-refractivity contribution is -0.120. The molecular weight excluding hydrogens is 368 g/mol. The number of anilines is 1. The molecule has 0 aliphatic rings. The highest BCUT2D eigenvalue weighted by atomic mass is 35.5. The second-order valence-electron chi connectivity index (χ2n) is 5.77. The fourth-order valence-electron chi connectivity index (χ4n) is 2.33. The summed E-state index contributed by atoms with van der Waals surface area (Å²) >= 11 is 6.09. The van der Waals surface area contributed by atoms with Crippen LogP contribution >= 0.6 is 11.6 Å². The van der Waals surface area contributed by atoms with Crippen molar-refractivity contribution in [3.05, 3.63) is 58.2 Å². The molecule has 0 bridgehead atoms. The predicted molar refractivity (Wildman–Crippen MR) is 106 cm³/mol. The summed E-state index contributed by atoms with van der Waals surface area (Å²) in [5.41, 5.74) is 2.18. The molecule has 2 N–H and O–H groups in total. The monoisotopic (exact) mass is 388 g/mol. The molecule has 0 heterocycles. The van der Waals surface area contributed by atoms with Crippen molar-refractivity contribution in [1.82, 2.24) is 5.32 Å². The molecule has 2 rings (SSSR count). The molecule has 142 valence electrons. The van der Waals surface area contributed by atoms with Gasteiger partial charge in [-0.2, -0.15) is 0 Å². The summed E-state index contributed by atoms with van der Waals surface area (Å²) in [6, 6.07) is 10.4. The lowest BCUT2D eigenvalue weighted by atomic mass is 10.1. The van der Waals surface area contributed by atoms with Crippen LogP contribution in [0.1, 0.15) is 18.1 Å². The Morgan fingerprint density at radius 3 is 2.33 bits per heavy atom. The molecule has 0 fully saturated rings. The normalized spacial score (nSPS) is 10.9. The molecular formula is C20H21ClN2O4. The molecule has 0 aliphatic heterocycles. The topological polar surface area (TPSA) is 76.7 Å². The molecule has 0 radical (unpaired) electrons. The second-order valence-corrected chi connectivity index (χ2v) is 6.18. The molecule has 0 aromatic heterocycles. The molecule has 2 aromatic rings. The van der Waals surface area contributed by atoms with E-state index in [2.05, 4.69) is 10.6 Å². The predicted octanol–water partition coefficient (Wildman–Crippen LogP) is 3.78. The van der Waals surface area contributed by atoms with Gasteiger partial charge in [-0.1, -0.05) is 23.7 Å². The van der Waals surface area contributed by atoms with E-state index in [1.807, 2.05) is 6.92 Å². The van der Waals surface area contributed by atoms with Crippen LogP contribution < -0.4 is 20.1 Å². The Kier molecular flexibility index (Phi) is 6.85. The lowest BCUT2D eigenvalue weighted by Crippen LogP contribution is -2.28. The van der Waals surface area contributed by atoms with E-state index in [4.69, 9.17) is 21.1 Å². The number of carbonyl (C=O) groups excluding carboxylic acids is 2. The maximum Gasteiger partial charge on any atom is 0.272 e. The van der Waals surface area contributed by atoms with Crippen molar-refractivity contribution in [3.63, 3.8) is 0 Å². The minimum absolute atomic E-state index is 0.0893. The van der Waals surface area contributed by atoms with Crippen LogP contribution in [0.4, 0.5) is 5.69 Å². The number of nitrogens with one attached hydrogen (secondary N) is 2. The van der Waals surface area contributed by atoms with E-state index in [0.717, 1.165) is 5.56 Å². The Morgan fingerprint density at radius 1 is 1.04 bits per heavy atom. The van der Waals surface area contributed by atoms with Gasteiger partial charge in [0.25, 0.3) is 5.91 Å². The Balaban J connectivity index is 2.33. The van der Waals surface area contributed by atoms with Crippen LogP contribution in [-0.2, 0) is 9.59 Å². The molecule has 2 amide bonds. The first-order chi connectivity index (χ1) is 12.8. The molecule has 6 nitrogen and oxygen atoms in total. The molecule has 0 spiro atoms. The molecule has 27 heavy (non-hydrogen) atoms. The van der Waals surface area contributed by atoms with Crippen LogP contribution in [0.2, 0.25) is 5.02 Å². The van der Waals surface area contributed by atoms with Crippen LogP contribution in [0, 0.1) is 6.92 Å². The highest BCUT2D eigenvalue weighted by Crippen LogP contribution is 2.28. The molecule has 7 heteroatoms. The van der Waals surface area contributed by atoms with Gasteiger partial charge in [-0.25, -0.2) is 0 Å². The number of halogens is 1. The number of rotatable bonds is 6. The van der Waals surface area contributed by atoms with Gasteiger partial charge in [-0.3, -0.25) is 9.59 Å². The number of aryl methyl sites for hydroxylation is 1. The fourth-order valence-corrected chi connectivity index (χ4v) is 2.51. The molecule has 0 aliphatic carbocycles. The summed E-state index contributed by atoms with van der Waals surface area (Å²) in [6.07, 6.45) is 1.55. The van der Waals surface area contributed by atoms with Crippen LogP contribution in [0.3, 0.4) is 0 Å². The number of amides is 2. The molecule has 0 saturated carbocycles. The van der Waals surface area contributed by atoms with Crippen LogP contribution in [0.25, 0.3) is 6.08 Å². The van der Waals surface area contributed by atoms with Crippen molar-refractivity contribution in [2.45, 2.75) is 13.8 Å². The van der Waals surface area contributed by atoms with Crippen LogP contribution in [-0.4, -0.2) is 26.0 Å². The zero-order valence-corrected chi connectivity index (χ0v) is 16.3. The summed E-state index contributed by atoms with van der Waals surface area (Å²) in [7, 11) is 3.06. The van der Waals surface area contributed by atoms with Crippen molar-refractivity contribution >= 4 is 35.2 Å². The lowest BCUT2D eigenvalue weighted by Gasteiger charge is -2.12. The largest absolute Gasteiger partial charge is 0.493 e. The fraction of sp³-hybridized carbons (Fsp3) is 0.200. The number of benzene rings is 2. The Hall–Kier alpha value is -2.99. The minimum atomic E-state index is -0.472. The number of methoxy groups -OCH3 is 2. The zero-order chi connectivity index (χ0) is 20.0. The third-order valence-electron chi connectivity index (χ3n) is 3.70. The second kappa shape index (κ2) is 9.09.